The maximum atomic E-state index is 13.0. The number of hydrogen-bond acceptors (Lipinski definition) is 4. The van der Waals surface area contributed by atoms with E-state index in [0.717, 1.165) is 27.8 Å². The summed E-state index contributed by atoms with van der Waals surface area (Å²) < 4.78 is 10.2. The summed E-state index contributed by atoms with van der Waals surface area (Å²) >= 11 is 0. The molecule has 3 aromatic carbocycles. The molecule has 0 saturated heterocycles. The summed E-state index contributed by atoms with van der Waals surface area (Å²) in [5, 5.41) is 6.79. The van der Waals surface area contributed by atoms with Crippen molar-refractivity contribution in [2.45, 2.75) is 12.8 Å². The number of aromatic amines is 1. The van der Waals surface area contributed by atoms with E-state index in [9.17, 15) is 9.59 Å². The fourth-order valence-electron chi connectivity index (χ4n) is 3.95. The van der Waals surface area contributed by atoms with Crippen LogP contribution in [0.1, 0.15) is 34.3 Å². The molecule has 0 spiro atoms. The van der Waals surface area contributed by atoms with E-state index in [2.05, 4.69) is 21.7 Å². The van der Waals surface area contributed by atoms with Crippen molar-refractivity contribution in [3.63, 3.8) is 0 Å². The fourth-order valence-corrected chi connectivity index (χ4v) is 3.95. The zero-order valence-electron chi connectivity index (χ0n) is 19.1. The lowest BCUT2D eigenvalue weighted by atomic mass is 9.90. The van der Waals surface area contributed by atoms with Gasteiger partial charge in [0.25, 0.3) is 5.91 Å². The van der Waals surface area contributed by atoms with E-state index in [1.165, 1.54) is 0 Å². The fraction of sp³-hybridized carbons (Fsp3) is 0.185. The number of anilines is 1. The van der Waals surface area contributed by atoms with Crippen molar-refractivity contribution >= 4 is 28.6 Å². The van der Waals surface area contributed by atoms with Crippen molar-refractivity contribution < 1.29 is 19.1 Å². The molecule has 7 heteroatoms. The third-order valence-electron chi connectivity index (χ3n) is 5.63. The average molecular weight is 458 g/mol. The Morgan fingerprint density at radius 2 is 1.79 bits per heavy atom. The molecular formula is C27H27N3O4. The van der Waals surface area contributed by atoms with E-state index < -0.39 is 6.09 Å². The third kappa shape index (κ3) is 5.20. The summed E-state index contributed by atoms with van der Waals surface area (Å²) in [6.07, 6.45) is 1.44. The van der Waals surface area contributed by atoms with E-state index in [4.69, 9.17) is 9.47 Å². The minimum atomic E-state index is -0.557. The van der Waals surface area contributed by atoms with Gasteiger partial charge in [-0.05, 0) is 54.4 Å². The highest BCUT2D eigenvalue weighted by Gasteiger charge is 2.20. The lowest BCUT2D eigenvalue weighted by Gasteiger charge is -2.19. The minimum Gasteiger partial charge on any atom is -0.497 e. The van der Waals surface area contributed by atoms with Gasteiger partial charge in [-0.15, -0.1) is 0 Å². The standard InChI is InChI=1S/C27H27N3O4/c1-3-34-27(32)30-20-8-6-7-19(15-20)26(31)29-16-23(18-11-13-21(33-2)14-12-18)24-17-28-25-10-5-4-9-22(24)25/h4-15,17,23,28H,3,16H2,1-2H3,(H,29,31)(H,30,32). The van der Waals surface area contributed by atoms with Crippen LogP contribution < -0.4 is 15.4 Å². The molecule has 0 bridgehead atoms. The zero-order chi connectivity index (χ0) is 23.9. The van der Waals surface area contributed by atoms with Gasteiger partial charge in [0.15, 0.2) is 0 Å². The largest absolute Gasteiger partial charge is 0.497 e. The molecule has 0 aliphatic heterocycles. The first-order valence-corrected chi connectivity index (χ1v) is 11.1. The molecule has 0 radical (unpaired) electrons. The topological polar surface area (TPSA) is 92.4 Å². The molecule has 4 rings (SSSR count). The number of nitrogens with one attached hydrogen (secondary N) is 3. The summed E-state index contributed by atoms with van der Waals surface area (Å²) in [7, 11) is 1.64. The van der Waals surface area contributed by atoms with Crippen molar-refractivity contribution in [3.05, 3.63) is 95.7 Å². The third-order valence-corrected chi connectivity index (χ3v) is 5.63. The lowest BCUT2D eigenvalue weighted by molar-refractivity contribution is 0.0952. The number of amides is 2. The van der Waals surface area contributed by atoms with E-state index in [1.54, 1.807) is 38.3 Å². The van der Waals surface area contributed by atoms with E-state index in [1.807, 2.05) is 48.7 Å². The van der Waals surface area contributed by atoms with E-state index in [0.29, 0.717) is 17.8 Å². The molecule has 7 nitrogen and oxygen atoms in total. The number of hydrogen-bond donors (Lipinski definition) is 3. The quantitative estimate of drug-likeness (QED) is 0.334. The van der Waals surface area contributed by atoms with Gasteiger partial charge in [-0.1, -0.05) is 36.4 Å². The molecule has 2 amide bonds. The summed E-state index contributed by atoms with van der Waals surface area (Å²) in [4.78, 5) is 28.0. The molecule has 174 valence electrons. The van der Waals surface area contributed by atoms with Crippen molar-refractivity contribution in [2.75, 3.05) is 25.6 Å². The Balaban J connectivity index is 1.56. The first-order chi connectivity index (χ1) is 16.6. The molecule has 0 saturated carbocycles. The van der Waals surface area contributed by atoms with Crippen LogP contribution >= 0.6 is 0 Å². The highest BCUT2D eigenvalue weighted by atomic mass is 16.5. The van der Waals surface area contributed by atoms with Crippen LogP contribution in [0, 0.1) is 0 Å². The normalized spacial score (nSPS) is 11.6. The van der Waals surface area contributed by atoms with Crippen molar-refractivity contribution in [1.82, 2.24) is 10.3 Å². The van der Waals surface area contributed by atoms with Gasteiger partial charge in [-0.3, -0.25) is 10.1 Å². The number of rotatable bonds is 8. The van der Waals surface area contributed by atoms with E-state index in [-0.39, 0.29) is 18.4 Å². The van der Waals surface area contributed by atoms with Crippen LogP contribution in [0.25, 0.3) is 10.9 Å². The molecule has 1 aromatic heterocycles. The van der Waals surface area contributed by atoms with Gasteiger partial charge in [-0.25, -0.2) is 4.79 Å². The molecule has 0 aliphatic carbocycles. The SMILES string of the molecule is CCOC(=O)Nc1cccc(C(=O)NCC(c2ccc(OC)cc2)c2c[nH]c3ccccc23)c1. The lowest BCUT2D eigenvalue weighted by Crippen LogP contribution is -2.29. The van der Waals surface area contributed by atoms with Gasteiger partial charge in [0, 0.05) is 40.8 Å². The van der Waals surface area contributed by atoms with Crippen molar-refractivity contribution in [3.8, 4) is 5.75 Å². The van der Waals surface area contributed by atoms with Crippen LogP contribution in [0.5, 0.6) is 5.75 Å². The van der Waals surface area contributed by atoms with Crippen molar-refractivity contribution in [2.24, 2.45) is 0 Å². The maximum Gasteiger partial charge on any atom is 0.411 e. The van der Waals surface area contributed by atoms with Crippen LogP contribution in [0.2, 0.25) is 0 Å². The number of fused-ring (bicyclic) bond motifs is 1. The zero-order valence-corrected chi connectivity index (χ0v) is 19.1. The van der Waals surface area contributed by atoms with Gasteiger partial charge in [0.1, 0.15) is 5.75 Å². The Morgan fingerprint density at radius 3 is 2.56 bits per heavy atom. The molecule has 0 aliphatic rings. The van der Waals surface area contributed by atoms with Gasteiger partial charge in [0.2, 0.25) is 0 Å². The number of aromatic nitrogens is 1. The molecular weight excluding hydrogens is 430 g/mol. The number of methoxy groups -OCH3 is 1. The Bertz CT molecular complexity index is 1280. The Kier molecular flexibility index (Phi) is 7.13. The summed E-state index contributed by atoms with van der Waals surface area (Å²) in [5.74, 6) is 0.467. The molecule has 3 N–H and O–H groups in total. The van der Waals surface area contributed by atoms with E-state index >= 15 is 0 Å². The van der Waals surface area contributed by atoms with Gasteiger partial charge < -0.3 is 19.8 Å². The second kappa shape index (κ2) is 10.6. The number of carbonyl (C=O) groups is 2. The number of para-hydroxylation sites is 1. The number of ether oxygens (including phenoxy) is 2. The molecule has 34 heavy (non-hydrogen) atoms. The van der Waals surface area contributed by atoms with Crippen LogP contribution in [0.4, 0.5) is 10.5 Å². The Hall–Kier alpha value is -4.26. The maximum absolute atomic E-state index is 13.0. The van der Waals surface area contributed by atoms with Gasteiger partial charge in [-0.2, -0.15) is 0 Å². The monoisotopic (exact) mass is 457 g/mol. The average Bonchev–Trinajstić information content (AvgIpc) is 3.29. The number of benzene rings is 3. The molecule has 1 unspecified atom stereocenters. The molecule has 1 heterocycles. The number of carbonyl (C=O) groups excluding carboxylic acids is 2. The molecule has 1 atom stereocenters. The van der Waals surface area contributed by atoms with Crippen molar-refractivity contribution in [1.29, 1.82) is 0 Å². The van der Waals surface area contributed by atoms with Crippen LogP contribution in [0.15, 0.2) is 79.0 Å². The summed E-state index contributed by atoms with van der Waals surface area (Å²) in [6, 6.07) is 22.7. The van der Waals surface area contributed by atoms with Crippen LogP contribution in [-0.2, 0) is 4.74 Å². The van der Waals surface area contributed by atoms with Crippen LogP contribution in [-0.4, -0.2) is 37.2 Å². The van der Waals surface area contributed by atoms with Crippen LogP contribution in [0.3, 0.4) is 0 Å². The highest BCUT2D eigenvalue weighted by Crippen LogP contribution is 2.31. The molecule has 0 fully saturated rings. The molecule has 4 aromatic rings. The highest BCUT2D eigenvalue weighted by molar-refractivity contribution is 5.96. The predicted molar refractivity (Wildman–Crippen MR) is 133 cm³/mol. The minimum absolute atomic E-state index is 0.0770. The summed E-state index contributed by atoms with van der Waals surface area (Å²) in [6.45, 7) is 2.39. The predicted octanol–water partition coefficient (Wildman–Crippen LogP) is 5.31. The number of H-pyrrole nitrogens is 1. The van der Waals surface area contributed by atoms with Gasteiger partial charge in [0.05, 0.1) is 13.7 Å². The first-order valence-electron chi connectivity index (χ1n) is 11.1. The summed E-state index contributed by atoms with van der Waals surface area (Å²) in [5.41, 5.74) is 4.14. The second-order valence-electron chi connectivity index (χ2n) is 7.75. The Labute approximate surface area is 198 Å². The second-order valence-corrected chi connectivity index (χ2v) is 7.75. The first kappa shape index (κ1) is 22.9. The van der Waals surface area contributed by atoms with Gasteiger partial charge >= 0.3 is 6.09 Å². The smallest absolute Gasteiger partial charge is 0.411 e. The Morgan fingerprint density at radius 1 is 1.00 bits per heavy atom.